The largest absolute Gasteiger partial charge is 0.350 e. The lowest BCUT2D eigenvalue weighted by Crippen LogP contribution is -2.54. The normalized spacial score (nSPS) is 22.6. The van der Waals surface area contributed by atoms with Gasteiger partial charge in [0.25, 0.3) is 5.91 Å². The quantitative estimate of drug-likeness (QED) is 0.912. The van der Waals surface area contributed by atoms with Gasteiger partial charge in [-0.05, 0) is 18.4 Å². The Kier molecular flexibility index (Phi) is 3.84. The van der Waals surface area contributed by atoms with Crippen molar-refractivity contribution < 1.29 is 9.59 Å². The van der Waals surface area contributed by atoms with Crippen molar-refractivity contribution in [3.8, 4) is 0 Å². The molecule has 1 atom stereocenters. The molecule has 6 heteroatoms. The third kappa shape index (κ3) is 2.60. The molecule has 1 spiro atoms. The number of benzene rings is 1. The van der Waals surface area contributed by atoms with Crippen molar-refractivity contribution in [2.75, 3.05) is 13.1 Å². The van der Waals surface area contributed by atoms with Gasteiger partial charge in [-0.1, -0.05) is 30.3 Å². The van der Waals surface area contributed by atoms with Crippen molar-refractivity contribution in [1.82, 2.24) is 15.2 Å². The van der Waals surface area contributed by atoms with Crippen LogP contribution in [0.5, 0.6) is 0 Å². The first-order chi connectivity index (χ1) is 11.7. The monoisotopic (exact) mass is 341 g/mol. The minimum atomic E-state index is -0.225. The van der Waals surface area contributed by atoms with E-state index in [4.69, 9.17) is 0 Å². The van der Waals surface area contributed by atoms with Crippen molar-refractivity contribution in [3.63, 3.8) is 0 Å². The summed E-state index contributed by atoms with van der Waals surface area (Å²) in [5.74, 6) is 0.289. The molecule has 124 valence electrons. The molecule has 0 radical (unpaired) electrons. The zero-order valence-corrected chi connectivity index (χ0v) is 14.1. The summed E-state index contributed by atoms with van der Waals surface area (Å²) in [7, 11) is 0. The summed E-state index contributed by atoms with van der Waals surface area (Å²) >= 11 is 1.43. The minimum Gasteiger partial charge on any atom is -0.350 e. The molecule has 2 aliphatic rings. The molecule has 2 amide bonds. The van der Waals surface area contributed by atoms with Crippen LogP contribution in [0.4, 0.5) is 0 Å². The number of nitrogens with zero attached hydrogens (tertiary/aromatic N) is 2. The summed E-state index contributed by atoms with van der Waals surface area (Å²) in [6.07, 6.45) is 2.10. The van der Waals surface area contributed by atoms with E-state index in [-0.39, 0.29) is 23.3 Å². The molecule has 1 aromatic heterocycles. The number of rotatable bonds is 2. The maximum Gasteiger partial charge on any atom is 0.273 e. The summed E-state index contributed by atoms with van der Waals surface area (Å²) in [5, 5.41) is 5.01. The molecule has 3 heterocycles. The Morgan fingerprint density at radius 3 is 2.67 bits per heavy atom. The summed E-state index contributed by atoms with van der Waals surface area (Å²) in [4.78, 5) is 30.5. The van der Waals surface area contributed by atoms with Gasteiger partial charge in [-0.2, -0.15) is 0 Å². The van der Waals surface area contributed by atoms with E-state index < -0.39 is 0 Å². The Morgan fingerprint density at radius 2 is 2.00 bits per heavy atom. The highest BCUT2D eigenvalue weighted by Gasteiger charge is 2.49. The third-order valence-corrected chi connectivity index (χ3v) is 5.83. The molecule has 1 N–H and O–H groups in total. The second-order valence-electron chi connectivity index (χ2n) is 6.54. The van der Waals surface area contributed by atoms with Gasteiger partial charge in [0, 0.05) is 30.8 Å². The standard InChI is InChI=1S/C18H19N3O2S/c22-16-10-14(13-4-2-1-3-5-13)18(20-16)6-8-21(9-7-18)17(23)15-11-24-12-19-15/h1-5,11-12,14H,6-10H2,(H,20,22). The highest BCUT2D eigenvalue weighted by Crippen LogP contribution is 2.43. The number of thiazole rings is 1. The Hall–Kier alpha value is -2.21. The Morgan fingerprint density at radius 1 is 1.25 bits per heavy atom. The van der Waals surface area contributed by atoms with Crippen LogP contribution in [0.25, 0.3) is 0 Å². The first kappa shape index (κ1) is 15.3. The van der Waals surface area contributed by atoms with Crippen LogP contribution in [0.2, 0.25) is 0 Å². The van der Waals surface area contributed by atoms with E-state index in [1.165, 1.54) is 16.9 Å². The van der Waals surface area contributed by atoms with Crippen LogP contribution in [-0.4, -0.2) is 40.3 Å². The van der Waals surface area contributed by atoms with Crippen molar-refractivity contribution in [1.29, 1.82) is 0 Å². The fraction of sp³-hybridized carbons (Fsp3) is 0.389. The van der Waals surface area contributed by atoms with Gasteiger partial charge >= 0.3 is 0 Å². The van der Waals surface area contributed by atoms with Crippen LogP contribution >= 0.6 is 11.3 Å². The number of piperidine rings is 1. The maximum atomic E-state index is 12.5. The molecular weight excluding hydrogens is 322 g/mol. The second kappa shape index (κ2) is 6.02. The fourth-order valence-electron chi connectivity index (χ4n) is 3.98. The summed E-state index contributed by atoms with van der Waals surface area (Å²) in [6, 6.07) is 10.2. The summed E-state index contributed by atoms with van der Waals surface area (Å²) in [5.41, 5.74) is 3.18. The van der Waals surface area contributed by atoms with E-state index in [0.29, 0.717) is 25.2 Å². The van der Waals surface area contributed by atoms with Crippen LogP contribution in [0.15, 0.2) is 41.2 Å². The van der Waals surface area contributed by atoms with Gasteiger partial charge in [0.2, 0.25) is 5.91 Å². The van der Waals surface area contributed by atoms with E-state index >= 15 is 0 Å². The molecule has 24 heavy (non-hydrogen) atoms. The lowest BCUT2D eigenvalue weighted by atomic mass is 9.74. The highest BCUT2D eigenvalue weighted by molar-refractivity contribution is 7.07. The highest BCUT2D eigenvalue weighted by atomic mass is 32.1. The fourth-order valence-corrected chi connectivity index (χ4v) is 4.51. The van der Waals surface area contributed by atoms with Gasteiger partial charge in [0.1, 0.15) is 5.69 Å². The van der Waals surface area contributed by atoms with Crippen LogP contribution in [0, 0.1) is 0 Å². The Balaban J connectivity index is 1.52. The van der Waals surface area contributed by atoms with Gasteiger partial charge in [0.15, 0.2) is 0 Å². The molecule has 0 aliphatic carbocycles. The molecule has 1 aromatic carbocycles. The zero-order chi connectivity index (χ0) is 16.6. The molecule has 2 aliphatic heterocycles. The molecule has 5 nitrogen and oxygen atoms in total. The lowest BCUT2D eigenvalue weighted by Gasteiger charge is -2.42. The topological polar surface area (TPSA) is 62.3 Å². The van der Waals surface area contributed by atoms with Crippen molar-refractivity contribution in [3.05, 3.63) is 52.5 Å². The van der Waals surface area contributed by atoms with Crippen LogP contribution < -0.4 is 5.32 Å². The number of hydrogen-bond acceptors (Lipinski definition) is 4. The summed E-state index contributed by atoms with van der Waals surface area (Å²) < 4.78 is 0. The van der Waals surface area contributed by atoms with E-state index in [1.54, 1.807) is 10.9 Å². The smallest absolute Gasteiger partial charge is 0.273 e. The molecule has 2 aromatic rings. The molecule has 4 rings (SSSR count). The summed E-state index contributed by atoms with van der Waals surface area (Å²) in [6.45, 7) is 1.31. The van der Waals surface area contributed by atoms with E-state index in [0.717, 1.165) is 12.8 Å². The lowest BCUT2D eigenvalue weighted by molar-refractivity contribution is -0.120. The molecule has 1 unspecified atom stereocenters. The SMILES string of the molecule is O=C1CC(c2ccccc2)C2(CCN(C(=O)c3cscn3)CC2)N1. The van der Waals surface area contributed by atoms with E-state index in [1.807, 2.05) is 23.1 Å². The van der Waals surface area contributed by atoms with E-state index in [9.17, 15) is 9.59 Å². The molecule has 0 bridgehead atoms. The number of aromatic nitrogens is 1. The molecule has 2 saturated heterocycles. The Labute approximate surface area is 144 Å². The van der Waals surface area contributed by atoms with Gasteiger partial charge in [-0.25, -0.2) is 4.98 Å². The number of likely N-dealkylation sites (tertiary alicyclic amines) is 1. The van der Waals surface area contributed by atoms with Gasteiger partial charge in [0.05, 0.1) is 11.0 Å². The number of carbonyl (C=O) groups excluding carboxylic acids is 2. The van der Waals surface area contributed by atoms with Gasteiger partial charge in [-0.15, -0.1) is 11.3 Å². The molecular formula is C18H19N3O2S. The van der Waals surface area contributed by atoms with E-state index in [2.05, 4.69) is 22.4 Å². The second-order valence-corrected chi connectivity index (χ2v) is 7.26. The van der Waals surface area contributed by atoms with Crippen molar-refractivity contribution >= 4 is 23.2 Å². The predicted octanol–water partition coefficient (Wildman–Crippen LogP) is 2.42. The number of nitrogens with one attached hydrogen (secondary N) is 1. The van der Waals surface area contributed by atoms with Crippen molar-refractivity contribution in [2.45, 2.75) is 30.7 Å². The zero-order valence-electron chi connectivity index (χ0n) is 13.3. The first-order valence-electron chi connectivity index (χ1n) is 8.21. The number of carbonyl (C=O) groups is 2. The van der Waals surface area contributed by atoms with Crippen molar-refractivity contribution in [2.24, 2.45) is 0 Å². The Bertz CT molecular complexity index is 737. The predicted molar refractivity (Wildman–Crippen MR) is 91.9 cm³/mol. The number of amides is 2. The number of hydrogen-bond donors (Lipinski definition) is 1. The molecule has 0 saturated carbocycles. The van der Waals surface area contributed by atoms with Gasteiger partial charge in [-0.3, -0.25) is 9.59 Å². The van der Waals surface area contributed by atoms with Crippen LogP contribution in [0.3, 0.4) is 0 Å². The van der Waals surface area contributed by atoms with Gasteiger partial charge < -0.3 is 10.2 Å². The molecule has 2 fully saturated rings. The minimum absolute atomic E-state index is 0.00770. The third-order valence-electron chi connectivity index (χ3n) is 5.24. The average molecular weight is 341 g/mol. The maximum absolute atomic E-state index is 12.5. The first-order valence-corrected chi connectivity index (χ1v) is 9.16. The van der Waals surface area contributed by atoms with Crippen LogP contribution in [0.1, 0.15) is 41.2 Å². The average Bonchev–Trinajstić information content (AvgIpc) is 3.24. The van der Waals surface area contributed by atoms with Crippen LogP contribution in [-0.2, 0) is 4.79 Å².